The van der Waals surface area contributed by atoms with Gasteiger partial charge in [-0.25, -0.2) is 4.79 Å². The molecule has 0 aliphatic carbocycles. The van der Waals surface area contributed by atoms with Gasteiger partial charge in [-0.05, 0) is 26.0 Å². The number of nitrogens with one attached hydrogen (secondary N) is 2. The molecule has 18 heavy (non-hydrogen) atoms. The van der Waals surface area contributed by atoms with Gasteiger partial charge in [0.15, 0.2) is 0 Å². The zero-order valence-corrected chi connectivity index (χ0v) is 10.8. The van der Waals surface area contributed by atoms with Gasteiger partial charge in [-0.15, -0.1) is 0 Å². The Balaban J connectivity index is 2.81. The van der Waals surface area contributed by atoms with Crippen LogP contribution in [0.3, 0.4) is 0 Å². The number of rotatable bonds is 5. The van der Waals surface area contributed by atoms with Crippen LogP contribution in [0.2, 0.25) is 0 Å². The number of hydrogen-bond acceptors (Lipinski definition) is 3. The minimum atomic E-state index is -0.990. The third-order valence-electron chi connectivity index (χ3n) is 2.72. The van der Waals surface area contributed by atoms with Gasteiger partial charge in [0.25, 0.3) is 0 Å². The van der Waals surface area contributed by atoms with E-state index in [-0.39, 0.29) is 11.5 Å². The Labute approximate surface area is 106 Å². The maximum atomic E-state index is 11.6. The molecule has 0 radical (unpaired) electrons. The van der Waals surface area contributed by atoms with Crippen LogP contribution in [0.25, 0.3) is 0 Å². The smallest absolute Gasteiger partial charge is 0.337 e. The van der Waals surface area contributed by atoms with Crippen molar-refractivity contribution < 1.29 is 14.7 Å². The molecule has 0 saturated heterocycles. The average Bonchev–Trinajstić information content (AvgIpc) is 2.35. The van der Waals surface area contributed by atoms with Crippen molar-refractivity contribution in [3.05, 3.63) is 29.8 Å². The molecule has 0 bridgehead atoms. The normalized spacial score (nSPS) is 10.8. The molecule has 5 nitrogen and oxygen atoms in total. The number of benzene rings is 1. The highest BCUT2D eigenvalue weighted by Gasteiger charge is 2.26. The highest BCUT2D eigenvalue weighted by atomic mass is 16.4. The second kappa shape index (κ2) is 5.53. The SMILES string of the molecule is CNC(=O)C(C)(C)CNc1ccccc1C(=O)O. The second-order valence-corrected chi connectivity index (χ2v) is 4.67. The molecular formula is C13H18N2O3. The Morgan fingerprint density at radius 1 is 1.28 bits per heavy atom. The topological polar surface area (TPSA) is 78.4 Å². The molecule has 1 rings (SSSR count). The van der Waals surface area contributed by atoms with E-state index in [0.29, 0.717) is 12.2 Å². The van der Waals surface area contributed by atoms with E-state index in [1.54, 1.807) is 39.1 Å². The maximum Gasteiger partial charge on any atom is 0.337 e. The first-order valence-corrected chi connectivity index (χ1v) is 5.67. The molecule has 0 atom stereocenters. The van der Waals surface area contributed by atoms with Crippen molar-refractivity contribution in [2.45, 2.75) is 13.8 Å². The van der Waals surface area contributed by atoms with E-state index < -0.39 is 11.4 Å². The average molecular weight is 250 g/mol. The Bertz CT molecular complexity index is 455. The largest absolute Gasteiger partial charge is 0.478 e. The summed E-state index contributed by atoms with van der Waals surface area (Å²) in [6, 6.07) is 6.63. The summed E-state index contributed by atoms with van der Waals surface area (Å²) in [6.07, 6.45) is 0. The third-order valence-corrected chi connectivity index (χ3v) is 2.72. The molecule has 98 valence electrons. The zero-order chi connectivity index (χ0) is 13.8. The van der Waals surface area contributed by atoms with Crippen molar-refractivity contribution in [2.75, 3.05) is 18.9 Å². The number of anilines is 1. The minimum absolute atomic E-state index is 0.0946. The molecule has 0 spiro atoms. The summed E-state index contributed by atoms with van der Waals surface area (Å²) in [4.78, 5) is 22.6. The first kappa shape index (κ1) is 14.0. The standard InChI is InChI=1S/C13H18N2O3/c1-13(2,12(18)14-3)8-15-10-7-5-4-6-9(10)11(16)17/h4-7,15H,8H2,1-3H3,(H,14,18)(H,16,17). The Morgan fingerprint density at radius 3 is 2.44 bits per heavy atom. The van der Waals surface area contributed by atoms with Gasteiger partial charge in [0.05, 0.1) is 11.0 Å². The van der Waals surface area contributed by atoms with Gasteiger partial charge < -0.3 is 15.7 Å². The fourth-order valence-electron chi connectivity index (χ4n) is 1.56. The van der Waals surface area contributed by atoms with Gasteiger partial charge in [0, 0.05) is 19.3 Å². The van der Waals surface area contributed by atoms with Crippen LogP contribution in [0.15, 0.2) is 24.3 Å². The summed E-state index contributed by atoms with van der Waals surface area (Å²) in [5.41, 5.74) is 0.104. The number of hydrogen-bond donors (Lipinski definition) is 3. The minimum Gasteiger partial charge on any atom is -0.478 e. The summed E-state index contributed by atoms with van der Waals surface area (Å²) in [5, 5.41) is 14.6. The summed E-state index contributed by atoms with van der Waals surface area (Å²) in [7, 11) is 1.58. The predicted octanol–water partition coefficient (Wildman–Crippen LogP) is 1.57. The zero-order valence-electron chi connectivity index (χ0n) is 10.8. The monoisotopic (exact) mass is 250 g/mol. The summed E-state index contributed by atoms with van der Waals surface area (Å²) in [6.45, 7) is 3.95. The molecule has 0 saturated carbocycles. The van der Waals surface area contributed by atoms with Crippen molar-refractivity contribution in [3.8, 4) is 0 Å². The summed E-state index contributed by atoms with van der Waals surface area (Å²) < 4.78 is 0. The van der Waals surface area contributed by atoms with Gasteiger partial charge in [-0.3, -0.25) is 4.79 Å². The quantitative estimate of drug-likeness (QED) is 0.741. The van der Waals surface area contributed by atoms with Crippen LogP contribution in [0.5, 0.6) is 0 Å². The molecule has 0 heterocycles. The number of aromatic carboxylic acids is 1. The van der Waals surface area contributed by atoms with Crippen molar-refractivity contribution in [1.29, 1.82) is 0 Å². The van der Waals surface area contributed by atoms with E-state index in [0.717, 1.165) is 0 Å². The van der Waals surface area contributed by atoms with Gasteiger partial charge in [-0.2, -0.15) is 0 Å². The predicted molar refractivity (Wildman–Crippen MR) is 69.7 cm³/mol. The van der Waals surface area contributed by atoms with E-state index in [2.05, 4.69) is 10.6 Å². The van der Waals surface area contributed by atoms with Crippen molar-refractivity contribution in [3.63, 3.8) is 0 Å². The number of carbonyl (C=O) groups excluding carboxylic acids is 1. The van der Waals surface area contributed by atoms with Crippen LogP contribution >= 0.6 is 0 Å². The van der Waals surface area contributed by atoms with E-state index in [1.807, 2.05) is 0 Å². The molecule has 0 fully saturated rings. The maximum absolute atomic E-state index is 11.6. The van der Waals surface area contributed by atoms with Gasteiger partial charge >= 0.3 is 5.97 Å². The molecule has 1 aromatic carbocycles. The molecule has 0 aromatic heterocycles. The van der Waals surface area contributed by atoms with Crippen LogP contribution in [0, 0.1) is 5.41 Å². The third kappa shape index (κ3) is 3.23. The first-order valence-electron chi connectivity index (χ1n) is 5.67. The van der Waals surface area contributed by atoms with E-state index in [1.165, 1.54) is 6.07 Å². The van der Waals surface area contributed by atoms with Crippen LogP contribution in [-0.4, -0.2) is 30.6 Å². The van der Waals surface area contributed by atoms with Gasteiger partial charge in [0.2, 0.25) is 5.91 Å². The molecule has 0 aliphatic heterocycles. The van der Waals surface area contributed by atoms with E-state index in [9.17, 15) is 9.59 Å². The van der Waals surface area contributed by atoms with Crippen LogP contribution in [0.4, 0.5) is 5.69 Å². The van der Waals surface area contributed by atoms with Crippen molar-refractivity contribution >= 4 is 17.6 Å². The fourth-order valence-corrected chi connectivity index (χ4v) is 1.56. The lowest BCUT2D eigenvalue weighted by atomic mass is 9.92. The molecule has 5 heteroatoms. The second-order valence-electron chi connectivity index (χ2n) is 4.67. The molecule has 1 amide bonds. The van der Waals surface area contributed by atoms with E-state index >= 15 is 0 Å². The van der Waals surface area contributed by atoms with Crippen molar-refractivity contribution in [1.82, 2.24) is 5.32 Å². The Hall–Kier alpha value is -2.04. The lowest BCUT2D eigenvalue weighted by Gasteiger charge is -2.23. The number of para-hydroxylation sites is 1. The number of carboxylic acids is 1. The highest BCUT2D eigenvalue weighted by molar-refractivity contribution is 5.94. The molecule has 0 aliphatic rings. The Morgan fingerprint density at radius 2 is 1.89 bits per heavy atom. The highest BCUT2D eigenvalue weighted by Crippen LogP contribution is 2.20. The van der Waals surface area contributed by atoms with Gasteiger partial charge in [0.1, 0.15) is 0 Å². The van der Waals surface area contributed by atoms with Crippen LogP contribution in [-0.2, 0) is 4.79 Å². The molecule has 0 unspecified atom stereocenters. The number of amides is 1. The van der Waals surface area contributed by atoms with Crippen LogP contribution in [0.1, 0.15) is 24.2 Å². The van der Waals surface area contributed by atoms with Crippen LogP contribution < -0.4 is 10.6 Å². The summed E-state index contributed by atoms with van der Waals surface area (Å²) in [5.74, 6) is -1.08. The van der Waals surface area contributed by atoms with Crippen molar-refractivity contribution in [2.24, 2.45) is 5.41 Å². The fraction of sp³-hybridized carbons (Fsp3) is 0.385. The summed E-state index contributed by atoms with van der Waals surface area (Å²) >= 11 is 0. The Kier molecular flexibility index (Phi) is 4.31. The lowest BCUT2D eigenvalue weighted by Crippen LogP contribution is -2.39. The molecule has 1 aromatic rings. The molecular weight excluding hydrogens is 232 g/mol. The van der Waals surface area contributed by atoms with Gasteiger partial charge in [-0.1, -0.05) is 12.1 Å². The number of carboxylic acid groups (broad SMARTS) is 1. The molecule has 3 N–H and O–H groups in total. The van der Waals surface area contributed by atoms with E-state index in [4.69, 9.17) is 5.11 Å². The lowest BCUT2D eigenvalue weighted by molar-refractivity contribution is -0.128. The first-order chi connectivity index (χ1) is 8.38. The number of carbonyl (C=O) groups is 2.